The molecule has 1 amide bonds. The molecular weight excluding hydrogens is 362 g/mol. The summed E-state index contributed by atoms with van der Waals surface area (Å²) in [4.78, 5) is 12.6. The predicted octanol–water partition coefficient (Wildman–Crippen LogP) is 4.39. The molecule has 1 heterocycles. The maximum atomic E-state index is 12.6. The van der Waals surface area contributed by atoms with Crippen molar-refractivity contribution in [1.82, 2.24) is 15.1 Å². The summed E-state index contributed by atoms with van der Waals surface area (Å²) < 4.78 is 7.65. The fourth-order valence-corrected chi connectivity index (χ4v) is 4.20. The van der Waals surface area contributed by atoms with Crippen molar-refractivity contribution < 1.29 is 9.53 Å². The molecule has 3 aromatic rings. The van der Waals surface area contributed by atoms with Crippen LogP contribution >= 0.6 is 0 Å². The Morgan fingerprint density at radius 2 is 1.79 bits per heavy atom. The monoisotopic (exact) mass is 389 g/mol. The zero-order valence-electron chi connectivity index (χ0n) is 17.2. The number of hydrogen-bond donors (Lipinski definition) is 1. The van der Waals surface area contributed by atoms with Gasteiger partial charge in [-0.15, -0.1) is 0 Å². The summed E-state index contributed by atoms with van der Waals surface area (Å²) in [5, 5.41) is 8.00. The third kappa shape index (κ3) is 4.19. The molecule has 0 radical (unpaired) electrons. The highest BCUT2D eigenvalue weighted by molar-refractivity contribution is 5.78. The molecule has 0 spiro atoms. The lowest BCUT2D eigenvalue weighted by atomic mass is 9.73. The van der Waals surface area contributed by atoms with Crippen LogP contribution in [0.15, 0.2) is 60.7 Å². The molecule has 1 aliphatic carbocycles. The Balaban J connectivity index is 1.58. The van der Waals surface area contributed by atoms with Crippen molar-refractivity contribution in [3.8, 4) is 11.4 Å². The molecule has 29 heavy (non-hydrogen) atoms. The molecule has 0 fully saturated rings. The minimum Gasteiger partial charge on any atom is -0.484 e. The van der Waals surface area contributed by atoms with Crippen LogP contribution in [0.5, 0.6) is 5.75 Å². The van der Waals surface area contributed by atoms with E-state index in [4.69, 9.17) is 9.84 Å². The van der Waals surface area contributed by atoms with E-state index in [-0.39, 0.29) is 24.0 Å². The SMILES string of the molecule is Cc1nn(-c2ccccc2)c2c1C(NC(=O)COc1ccccc1)CC(C)(C)C2. The average Bonchev–Trinajstić information content (AvgIpc) is 3.03. The van der Waals surface area contributed by atoms with Gasteiger partial charge in [-0.25, -0.2) is 4.68 Å². The van der Waals surface area contributed by atoms with Gasteiger partial charge in [0, 0.05) is 5.56 Å². The minimum absolute atomic E-state index is 0.00213. The number of amides is 1. The summed E-state index contributed by atoms with van der Waals surface area (Å²) in [6.07, 6.45) is 1.79. The first-order valence-electron chi connectivity index (χ1n) is 10.0. The molecule has 0 saturated heterocycles. The van der Waals surface area contributed by atoms with Gasteiger partial charge < -0.3 is 10.1 Å². The Labute approximate surface area is 171 Å². The van der Waals surface area contributed by atoms with E-state index in [1.165, 1.54) is 5.69 Å². The van der Waals surface area contributed by atoms with Crippen LogP contribution in [0.25, 0.3) is 5.69 Å². The van der Waals surface area contributed by atoms with Crippen LogP contribution in [-0.2, 0) is 11.2 Å². The minimum atomic E-state index is -0.116. The highest BCUT2D eigenvalue weighted by Gasteiger charge is 2.37. The molecule has 0 aliphatic heterocycles. The van der Waals surface area contributed by atoms with E-state index in [0.717, 1.165) is 29.8 Å². The summed E-state index contributed by atoms with van der Waals surface area (Å²) in [5.41, 5.74) is 4.39. The van der Waals surface area contributed by atoms with Crippen LogP contribution in [0.4, 0.5) is 0 Å². The molecule has 1 aromatic heterocycles. The topological polar surface area (TPSA) is 56.2 Å². The smallest absolute Gasteiger partial charge is 0.258 e. The van der Waals surface area contributed by atoms with Gasteiger partial charge in [-0.05, 0) is 49.4 Å². The van der Waals surface area contributed by atoms with Crippen LogP contribution in [0.2, 0.25) is 0 Å². The summed E-state index contributed by atoms with van der Waals surface area (Å²) in [6.45, 7) is 6.51. The van der Waals surface area contributed by atoms with Crippen LogP contribution in [-0.4, -0.2) is 22.3 Å². The molecule has 1 unspecified atom stereocenters. The van der Waals surface area contributed by atoms with Crippen molar-refractivity contribution in [3.05, 3.63) is 77.6 Å². The molecule has 1 aliphatic rings. The van der Waals surface area contributed by atoms with Crippen molar-refractivity contribution >= 4 is 5.91 Å². The van der Waals surface area contributed by atoms with Crippen molar-refractivity contribution in [1.29, 1.82) is 0 Å². The molecule has 1 N–H and O–H groups in total. The van der Waals surface area contributed by atoms with E-state index in [9.17, 15) is 4.79 Å². The van der Waals surface area contributed by atoms with Crippen LogP contribution in [0.1, 0.15) is 43.3 Å². The van der Waals surface area contributed by atoms with Crippen LogP contribution in [0.3, 0.4) is 0 Å². The van der Waals surface area contributed by atoms with Gasteiger partial charge in [0.25, 0.3) is 5.91 Å². The summed E-state index contributed by atoms with van der Waals surface area (Å²) in [5.74, 6) is 0.578. The fraction of sp³-hybridized carbons (Fsp3) is 0.333. The molecule has 1 atom stereocenters. The second-order valence-electron chi connectivity index (χ2n) is 8.46. The molecule has 2 aromatic carbocycles. The van der Waals surface area contributed by atoms with Gasteiger partial charge >= 0.3 is 0 Å². The van der Waals surface area contributed by atoms with Gasteiger partial charge in [-0.3, -0.25) is 4.79 Å². The van der Waals surface area contributed by atoms with Gasteiger partial charge in [-0.2, -0.15) is 5.10 Å². The lowest BCUT2D eigenvalue weighted by Gasteiger charge is -2.36. The number of para-hydroxylation sites is 2. The third-order valence-corrected chi connectivity index (χ3v) is 5.41. The molecule has 150 valence electrons. The largest absolute Gasteiger partial charge is 0.484 e. The number of nitrogens with zero attached hydrogens (tertiary/aromatic N) is 2. The maximum absolute atomic E-state index is 12.6. The van der Waals surface area contributed by atoms with E-state index in [1.807, 2.05) is 60.1 Å². The fourth-order valence-electron chi connectivity index (χ4n) is 4.20. The molecule has 5 heteroatoms. The Morgan fingerprint density at radius 1 is 1.14 bits per heavy atom. The zero-order chi connectivity index (χ0) is 20.4. The van der Waals surface area contributed by atoms with E-state index >= 15 is 0 Å². The number of aromatic nitrogens is 2. The van der Waals surface area contributed by atoms with E-state index < -0.39 is 0 Å². The Hall–Kier alpha value is -3.08. The Kier molecular flexibility index (Phi) is 5.14. The average molecular weight is 389 g/mol. The normalized spacial score (nSPS) is 17.4. The number of ether oxygens (including phenoxy) is 1. The highest BCUT2D eigenvalue weighted by atomic mass is 16.5. The summed E-state index contributed by atoms with van der Waals surface area (Å²) >= 11 is 0. The van der Waals surface area contributed by atoms with Gasteiger partial charge in [0.05, 0.1) is 23.1 Å². The summed E-state index contributed by atoms with van der Waals surface area (Å²) in [6, 6.07) is 19.5. The predicted molar refractivity (Wildman–Crippen MR) is 113 cm³/mol. The number of carbonyl (C=O) groups excluding carboxylic acids is 1. The second-order valence-corrected chi connectivity index (χ2v) is 8.46. The highest BCUT2D eigenvalue weighted by Crippen LogP contribution is 2.42. The lowest BCUT2D eigenvalue weighted by Crippen LogP contribution is -2.39. The number of benzene rings is 2. The standard InChI is InChI=1S/C24H27N3O2/c1-17-23-20(25-22(28)16-29-19-12-8-5-9-13-19)14-24(2,3)15-21(23)27(26-17)18-10-6-4-7-11-18/h4-13,20H,14-16H2,1-3H3,(H,25,28). The molecule has 0 saturated carbocycles. The number of aryl methyl sites for hydroxylation is 1. The number of hydrogen-bond acceptors (Lipinski definition) is 3. The first kappa shape index (κ1) is 19.2. The van der Waals surface area contributed by atoms with Gasteiger partial charge in [-0.1, -0.05) is 50.2 Å². The van der Waals surface area contributed by atoms with Gasteiger partial charge in [0.1, 0.15) is 5.75 Å². The van der Waals surface area contributed by atoms with Gasteiger partial charge in [0.2, 0.25) is 0 Å². The maximum Gasteiger partial charge on any atom is 0.258 e. The third-order valence-electron chi connectivity index (χ3n) is 5.41. The first-order chi connectivity index (χ1) is 13.9. The van der Waals surface area contributed by atoms with E-state index in [1.54, 1.807) is 0 Å². The van der Waals surface area contributed by atoms with Gasteiger partial charge in [0.15, 0.2) is 6.61 Å². The molecule has 0 bridgehead atoms. The first-order valence-corrected chi connectivity index (χ1v) is 10.0. The lowest BCUT2D eigenvalue weighted by molar-refractivity contribution is -0.124. The number of carbonyl (C=O) groups is 1. The molecular formula is C24H27N3O2. The van der Waals surface area contributed by atoms with Crippen molar-refractivity contribution in [3.63, 3.8) is 0 Å². The quantitative estimate of drug-likeness (QED) is 0.704. The second kappa shape index (κ2) is 7.74. The Morgan fingerprint density at radius 3 is 2.48 bits per heavy atom. The van der Waals surface area contributed by atoms with Crippen LogP contribution in [0, 0.1) is 12.3 Å². The van der Waals surface area contributed by atoms with Crippen molar-refractivity contribution in [2.45, 2.75) is 39.7 Å². The summed E-state index contributed by atoms with van der Waals surface area (Å²) in [7, 11) is 0. The van der Waals surface area contributed by atoms with Crippen LogP contribution < -0.4 is 10.1 Å². The number of rotatable bonds is 5. The van der Waals surface area contributed by atoms with Crippen molar-refractivity contribution in [2.75, 3.05) is 6.61 Å². The number of nitrogens with one attached hydrogen (secondary N) is 1. The number of fused-ring (bicyclic) bond motifs is 1. The Bertz CT molecular complexity index is 994. The molecule has 4 rings (SSSR count). The molecule has 5 nitrogen and oxygen atoms in total. The van der Waals surface area contributed by atoms with E-state index in [2.05, 4.69) is 31.3 Å². The van der Waals surface area contributed by atoms with E-state index in [0.29, 0.717) is 5.75 Å². The zero-order valence-corrected chi connectivity index (χ0v) is 17.2. The van der Waals surface area contributed by atoms with Crippen molar-refractivity contribution in [2.24, 2.45) is 5.41 Å².